The lowest BCUT2D eigenvalue weighted by molar-refractivity contribution is 0.189. The summed E-state index contributed by atoms with van der Waals surface area (Å²) in [6, 6.07) is 0.512. The number of rotatable bonds is 2. The molecule has 2 aliphatic rings. The number of nitrogens with zero attached hydrogens (tertiary/aromatic N) is 3. The van der Waals surface area contributed by atoms with Gasteiger partial charge < -0.3 is 15.1 Å². The number of carbonyl (C=O) groups is 1. The molecule has 0 radical (unpaired) electrons. The topological polar surface area (TPSA) is 48.5 Å². The van der Waals surface area contributed by atoms with Gasteiger partial charge in [-0.3, -0.25) is 0 Å². The summed E-state index contributed by atoms with van der Waals surface area (Å²) in [5.41, 5.74) is 0. The Hall–Kier alpha value is -1.30. The lowest BCUT2D eigenvalue weighted by Crippen LogP contribution is -2.53. The van der Waals surface area contributed by atoms with E-state index in [0.717, 1.165) is 44.2 Å². The third-order valence-electron chi connectivity index (χ3n) is 4.44. The van der Waals surface area contributed by atoms with Gasteiger partial charge in [-0.1, -0.05) is 25.7 Å². The summed E-state index contributed by atoms with van der Waals surface area (Å²) in [5.74, 6) is 0. The molecule has 0 bridgehead atoms. The number of anilines is 1. The molecule has 0 unspecified atom stereocenters. The van der Waals surface area contributed by atoms with Gasteiger partial charge in [0.05, 0.1) is 0 Å². The van der Waals surface area contributed by atoms with Crippen molar-refractivity contribution in [2.45, 2.75) is 44.6 Å². The molecule has 3 rings (SSSR count). The number of nitrogens with one attached hydrogen (secondary N) is 1. The predicted octanol–water partition coefficient (Wildman–Crippen LogP) is 2.70. The maximum atomic E-state index is 12.4. The fraction of sp³-hybridized carbons (Fsp3) is 0.733. The molecular weight excluding hydrogens is 284 g/mol. The molecule has 0 spiro atoms. The molecule has 1 aliphatic carbocycles. The van der Waals surface area contributed by atoms with Gasteiger partial charge in [0.2, 0.25) is 0 Å². The Bertz CT molecular complexity index is 435. The number of piperazine rings is 1. The predicted molar refractivity (Wildman–Crippen MR) is 85.9 cm³/mol. The minimum Gasteiger partial charge on any atom is -0.345 e. The van der Waals surface area contributed by atoms with Gasteiger partial charge in [0, 0.05) is 43.8 Å². The van der Waals surface area contributed by atoms with Gasteiger partial charge >= 0.3 is 6.03 Å². The molecule has 6 heteroatoms. The number of amides is 2. The molecular formula is C15H24N4OS. The highest BCUT2D eigenvalue weighted by atomic mass is 32.1. The second-order valence-corrected chi connectivity index (χ2v) is 6.80. The van der Waals surface area contributed by atoms with Crippen LogP contribution < -0.4 is 10.2 Å². The normalized spacial score (nSPS) is 21.1. The van der Waals surface area contributed by atoms with Crippen molar-refractivity contribution in [3.63, 3.8) is 0 Å². The molecule has 2 amide bonds. The third-order valence-corrected chi connectivity index (χ3v) is 5.27. The van der Waals surface area contributed by atoms with Crippen molar-refractivity contribution in [2.24, 2.45) is 0 Å². The first-order valence-corrected chi connectivity index (χ1v) is 8.91. The Morgan fingerprint density at radius 3 is 2.48 bits per heavy atom. The summed E-state index contributed by atoms with van der Waals surface area (Å²) in [6.07, 6.45) is 9.27. The van der Waals surface area contributed by atoms with Crippen molar-refractivity contribution >= 4 is 22.5 Å². The lowest BCUT2D eigenvalue weighted by atomic mass is 10.1. The molecule has 1 saturated carbocycles. The van der Waals surface area contributed by atoms with Crippen molar-refractivity contribution in [1.82, 2.24) is 15.2 Å². The Morgan fingerprint density at radius 1 is 1.14 bits per heavy atom. The molecule has 21 heavy (non-hydrogen) atoms. The van der Waals surface area contributed by atoms with Crippen molar-refractivity contribution < 1.29 is 4.79 Å². The smallest absolute Gasteiger partial charge is 0.317 e. The average Bonchev–Trinajstić information content (AvgIpc) is 2.93. The van der Waals surface area contributed by atoms with E-state index >= 15 is 0 Å². The first kappa shape index (κ1) is 14.6. The van der Waals surface area contributed by atoms with E-state index in [9.17, 15) is 4.79 Å². The van der Waals surface area contributed by atoms with Crippen LogP contribution in [0.15, 0.2) is 11.6 Å². The summed E-state index contributed by atoms with van der Waals surface area (Å²) < 4.78 is 0. The highest BCUT2D eigenvalue weighted by Gasteiger charge is 2.24. The van der Waals surface area contributed by atoms with Gasteiger partial charge in [0.1, 0.15) is 0 Å². The number of carbonyl (C=O) groups excluding carboxylic acids is 1. The van der Waals surface area contributed by atoms with Crippen molar-refractivity contribution in [2.75, 3.05) is 31.1 Å². The lowest BCUT2D eigenvalue weighted by Gasteiger charge is -2.35. The molecule has 2 heterocycles. The van der Waals surface area contributed by atoms with Crippen LogP contribution in [0.3, 0.4) is 0 Å². The molecule has 0 aromatic carbocycles. The maximum Gasteiger partial charge on any atom is 0.317 e. The van der Waals surface area contributed by atoms with Crippen LogP contribution >= 0.6 is 11.3 Å². The molecule has 1 saturated heterocycles. The third kappa shape index (κ3) is 3.87. The van der Waals surface area contributed by atoms with E-state index in [1.54, 1.807) is 11.3 Å². The van der Waals surface area contributed by atoms with Crippen LogP contribution in [-0.4, -0.2) is 48.1 Å². The van der Waals surface area contributed by atoms with Crippen LogP contribution in [0.25, 0.3) is 0 Å². The van der Waals surface area contributed by atoms with E-state index < -0.39 is 0 Å². The standard InChI is InChI=1S/C15H24N4OS/c20-14(17-13-5-3-1-2-4-6-13)18-8-10-19(11-9-18)15-16-7-12-21-15/h7,12-13H,1-6,8-11H2,(H,17,20). The van der Waals surface area contributed by atoms with Crippen molar-refractivity contribution in [3.8, 4) is 0 Å². The second-order valence-electron chi connectivity index (χ2n) is 5.93. The number of thiazole rings is 1. The van der Waals surface area contributed by atoms with E-state index in [4.69, 9.17) is 0 Å². The Labute approximate surface area is 130 Å². The van der Waals surface area contributed by atoms with Crippen LogP contribution in [0, 0.1) is 0 Å². The first-order chi connectivity index (χ1) is 10.3. The summed E-state index contributed by atoms with van der Waals surface area (Å²) >= 11 is 1.67. The summed E-state index contributed by atoms with van der Waals surface area (Å²) in [7, 11) is 0. The highest BCUT2D eigenvalue weighted by Crippen LogP contribution is 2.20. The number of hydrogen-bond donors (Lipinski definition) is 1. The minimum atomic E-state index is 0.126. The molecule has 5 nitrogen and oxygen atoms in total. The second kappa shape index (κ2) is 7.11. The fourth-order valence-corrected chi connectivity index (χ4v) is 3.86. The van der Waals surface area contributed by atoms with Crippen LogP contribution in [0.4, 0.5) is 9.93 Å². The van der Waals surface area contributed by atoms with Crippen molar-refractivity contribution in [1.29, 1.82) is 0 Å². The van der Waals surface area contributed by atoms with Crippen LogP contribution in [-0.2, 0) is 0 Å². The zero-order valence-electron chi connectivity index (χ0n) is 12.5. The molecule has 1 aliphatic heterocycles. The van der Waals surface area contributed by atoms with E-state index in [1.807, 2.05) is 16.5 Å². The number of urea groups is 1. The fourth-order valence-electron chi connectivity index (χ4n) is 3.16. The van der Waals surface area contributed by atoms with E-state index in [-0.39, 0.29) is 6.03 Å². The zero-order valence-corrected chi connectivity index (χ0v) is 13.3. The van der Waals surface area contributed by atoms with Gasteiger partial charge in [-0.25, -0.2) is 9.78 Å². The van der Waals surface area contributed by atoms with Crippen LogP contribution in [0.5, 0.6) is 0 Å². The Morgan fingerprint density at radius 2 is 1.86 bits per heavy atom. The molecule has 1 aromatic rings. The van der Waals surface area contributed by atoms with Gasteiger partial charge in [0.25, 0.3) is 0 Å². The SMILES string of the molecule is O=C(NC1CCCCCC1)N1CCN(c2nccs2)CC1. The summed E-state index contributed by atoms with van der Waals surface area (Å²) in [5, 5.41) is 6.30. The monoisotopic (exact) mass is 308 g/mol. The zero-order chi connectivity index (χ0) is 14.5. The van der Waals surface area contributed by atoms with Crippen LogP contribution in [0.2, 0.25) is 0 Å². The average molecular weight is 308 g/mol. The number of aromatic nitrogens is 1. The van der Waals surface area contributed by atoms with Crippen molar-refractivity contribution in [3.05, 3.63) is 11.6 Å². The molecule has 0 atom stereocenters. The molecule has 1 N–H and O–H groups in total. The van der Waals surface area contributed by atoms with Gasteiger partial charge in [-0.15, -0.1) is 11.3 Å². The van der Waals surface area contributed by atoms with Gasteiger partial charge in [-0.2, -0.15) is 0 Å². The molecule has 116 valence electrons. The summed E-state index contributed by atoms with van der Waals surface area (Å²) in [4.78, 5) is 20.9. The van der Waals surface area contributed by atoms with E-state index in [2.05, 4.69) is 15.2 Å². The molecule has 2 fully saturated rings. The van der Waals surface area contributed by atoms with Gasteiger partial charge in [-0.05, 0) is 12.8 Å². The number of hydrogen-bond acceptors (Lipinski definition) is 4. The quantitative estimate of drug-likeness (QED) is 0.855. The Kier molecular flexibility index (Phi) is 4.95. The van der Waals surface area contributed by atoms with Crippen LogP contribution in [0.1, 0.15) is 38.5 Å². The largest absolute Gasteiger partial charge is 0.345 e. The Balaban J connectivity index is 1.46. The van der Waals surface area contributed by atoms with Gasteiger partial charge in [0.15, 0.2) is 5.13 Å². The minimum absolute atomic E-state index is 0.126. The maximum absolute atomic E-state index is 12.4. The van der Waals surface area contributed by atoms with E-state index in [0.29, 0.717) is 6.04 Å². The van der Waals surface area contributed by atoms with E-state index in [1.165, 1.54) is 25.7 Å². The molecule has 1 aromatic heterocycles. The highest BCUT2D eigenvalue weighted by molar-refractivity contribution is 7.13. The first-order valence-electron chi connectivity index (χ1n) is 8.03. The summed E-state index contributed by atoms with van der Waals surface area (Å²) in [6.45, 7) is 3.34.